The van der Waals surface area contributed by atoms with Crippen molar-refractivity contribution in [3.05, 3.63) is 82.9 Å². The van der Waals surface area contributed by atoms with Crippen molar-refractivity contribution in [3.8, 4) is 0 Å². The highest BCUT2D eigenvalue weighted by Gasteiger charge is 2.22. The number of anilines is 1. The summed E-state index contributed by atoms with van der Waals surface area (Å²) in [5.41, 5.74) is 6.73. The Labute approximate surface area is 171 Å². The Balaban J connectivity index is 1.62. The Hall–Kier alpha value is -2.92. The summed E-state index contributed by atoms with van der Waals surface area (Å²) in [5.74, 6) is 0.394. The Morgan fingerprint density at radius 3 is 2.90 bits per heavy atom. The van der Waals surface area contributed by atoms with E-state index in [1.54, 1.807) is 6.33 Å². The topological polar surface area (TPSA) is 67.0 Å². The van der Waals surface area contributed by atoms with Crippen molar-refractivity contribution in [1.82, 2.24) is 9.97 Å². The number of hydrogen-bond donors (Lipinski definition) is 2. The zero-order valence-corrected chi connectivity index (χ0v) is 16.9. The molecule has 4 rings (SSSR count). The molecule has 1 aliphatic rings. The average Bonchev–Trinajstić information content (AvgIpc) is 3.40. The van der Waals surface area contributed by atoms with Crippen molar-refractivity contribution in [2.75, 3.05) is 18.5 Å². The molecule has 2 unspecified atom stereocenters. The summed E-state index contributed by atoms with van der Waals surface area (Å²) in [4.78, 5) is 20.0. The van der Waals surface area contributed by atoms with Crippen LogP contribution in [0.3, 0.4) is 0 Å². The van der Waals surface area contributed by atoms with Gasteiger partial charge in [0, 0.05) is 37.2 Å². The van der Waals surface area contributed by atoms with Gasteiger partial charge in [-0.2, -0.15) is 0 Å². The SMILES string of the molecule is Cc1cccc(C(c2cccc(NC(=O)CC3CCOC3)c2)c2cnc[nH]2)c1C. The average molecular weight is 389 g/mol. The lowest BCUT2D eigenvalue weighted by Gasteiger charge is -2.21. The minimum atomic E-state index is 0.0254. The third-order valence-electron chi connectivity index (χ3n) is 5.79. The molecule has 0 radical (unpaired) electrons. The van der Waals surface area contributed by atoms with Crippen molar-refractivity contribution in [2.45, 2.75) is 32.6 Å². The molecular formula is C24H27N3O2. The van der Waals surface area contributed by atoms with Crippen molar-refractivity contribution < 1.29 is 9.53 Å². The maximum absolute atomic E-state index is 12.5. The second kappa shape index (κ2) is 8.62. The number of hydrogen-bond acceptors (Lipinski definition) is 3. The lowest BCUT2D eigenvalue weighted by molar-refractivity contribution is -0.117. The molecule has 0 spiro atoms. The minimum Gasteiger partial charge on any atom is -0.381 e. The van der Waals surface area contributed by atoms with E-state index in [1.807, 2.05) is 18.3 Å². The van der Waals surface area contributed by atoms with Crippen LogP contribution in [-0.2, 0) is 9.53 Å². The second-order valence-electron chi connectivity index (χ2n) is 7.84. The summed E-state index contributed by atoms with van der Waals surface area (Å²) < 4.78 is 5.38. The summed E-state index contributed by atoms with van der Waals surface area (Å²) in [7, 11) is 0. The van der Waals surface area contributed by atoms with Crippen molar-refractivity contribution in [1.29, 1.82) is 0 Å². The van der Waals surface area contributed by atoms with Gasteiger partial charge in [0.25, 0.3) is 0 Å². The quantitative estimate of drug-likeness (QED) is 0.649. The summed E-state index contributed by atoms with van der Waals surface area (Å²) in [6.45, 7) is 5.73. The summed E-state index contributed by atoms with van der Waals surface area (Å²) in [6, 6.07) is 14.5. The molecule has 2 heterocycles. The Morgan fingerprint density at radius 2 is 2.14 bits per heavy atom. The van der Waals surface area contributed by atoms with Gasteiger partial charge in [-0.25, -0.2) is 4.98 Å². The van der Waals surface area contributed by atoms with Gasteiger partial charge in [-0.3, -0.25) is 4.79 Å². The maximum Gasteiger partial charge on any atom is 0.224 e. The number of carbonyl (C=O) groups is 1. The molecule has 3 aromatic rings. The lowest BCUT2D eigenvalue weighted by atomic mass is 9.85. The van der Waals surface area contributed by atoms with Crippen LogP contribution in [0.25, 0.3) is 0 Å². The summed E-state index contributed by atoms with van der Waals surface area (Å²) in [5, 5.41) is 3.07. The highest BCUT2D eigenvalue weighted by Crippen LogP contribution is 2.34. The summed E-state index contributed by atoms with van der Waals surface area (Å²) in [6.07, 6.45) is 5.05. The number of benzene rings is 2. The molecule has 1 saturated heterocycles. The smallest absolute Gasteiger partial charge is 0.224 e. The zero-order valence-electron chi connectivity index (χ0n) is 16.9. The molecule has 0 bridgehead atoms. The molecule has 2 atom stereocenters. The van der Waals surface area contributed by atoms with E-state index >= 15 is 0 Å². The zero-order chi connectivity index (χ0) is 20.2. The van der Waals surface area contributed by atoms with Gasteiger partial charge in [-0.05, 0) is 60.6 Å². The first-order valence-corrected chi connectivity index (χ1v) is 10.1. The standard InChI is InChI=1S/C24H27N3O2/c1-16-5-3-8-21(17(16)2)24(22-13-25-15-26-22)19-6-4-7-20(12-19)27-23(28)11-18-9-10-29-14-18/h3-8,12-13,15,18,24H,9-11,14H2,1-2H3,(H,25,26)(H,27,28). The number of imidazole rings is 1. The van der Waals surface area contributed by atoms with E-state index in [4.69, 9.17) is 4.74 Å². The number of aromatic amines is 1. The fraction of sp³-hybridized carbons (Fsp3) is 0.333. The number of rotatable bonds is 6. The number of H-pyrrole nitrogens is 1. The Kier molecular flexibility index (Phi) is 5.76. The number of aryl methyl sites for hydroxylation is 1. The largest absolute Gasteiger partial charge is 0.381 e. The molecule has 1 aromatic heterocycles. The first-order valence-electron chi connectivity index (χ1n) is 10.1. The predicted octanol–water partition coefficient (Wildman–Crippen LogP) is 4.57. The Morgan fingerprint density at radius 1 is 1.28 bits per heavy atom. The van der Waals surface area contributed by atoms with Gasteiger partial charge in [-0.15, -0.1) is 0 Å². The van der Waals surface area contributed by atoms with E-state index in [0.717, 1.165) is 30.0 Å². The number of amides is 1. The van der Waals surface area contributed by atoms with E-state index in [2.05, 4.69) is 59.5 Å². The van der Waals surface area contributed by atoms with Gasteiger partial charge < -0.3 is 15.0 Å². The van der Waals surface area contributed by atoms with E-state index < -0.39 is 0 Å². The molecule has 1 fully saturated rings. The minimum absolute atomic E-state index is 0.0254. The van der Waals surface area contributed by atoms with E-state index in [-0.39, 0.29) is 11.8 Å². The molecule has 0 saturated carbocycles. The molecule has 5 nitrogen and oxygen atoms in total. The number of ether oxygens (including phenoxy) is 1. The molecule has 0 aliphatic carbocycles. The third-order valence-corrected chi connectivity index (χ3v) is 5.79. The van der Waals surface area contributed by atoms with Gasteiger partial charge >= 0.3 is 0 Å². The van der Waals surface area contributed by atoms with E-state index in [0.29, 0.717) is 18.9 Å². The number of nitrogens with zero attached hydrogens (tertiary/aromatic N) is 1. The summed E-state index contributed by atoms with van der Waals surface area (Å²) >= 11 is 0. The normalized spacial score (nSPS) is 17.2. The van der Waals surface area contributed by atoms with Gasteiger partial charge in [-0.1, -0.05) is 30.3 Å². The number of nitrogens with one attached hydrogen (secondary N) is 2. The molecule has 2 N–H and O–H groups in total. The van der Waals surface area contributed by atoms with Crippen LogP contribution in [0.2, 0.25) is 0 Å². The van der Waals surface area contributed by atoms with E-state index in [9.17, 15) is 4.79 Å². The van der Waals surface area contributed by atoms with Crippen LogP contribution in [0, 0.1) is 19.8 Å². The molecule has 150 valence electrons. The molecule has 1 amide bonds. The van der Waals surface area contributed by atoms with Crippen LogP contribution in [0.1, 0.15) is 46.7 Å². The molecule has 1 aliphatic heterocycles. The Bertz CT molecular complexity index is 976. The third kappa shape index (κ3) is 4.40. The van der Waals surface area contributed by atoms with Crippen LogP contribution < -0.4 is 5.32 Å². The fourth-order valence-corrected chi connectivity index (χ4v) is 4.05. The molecule has 2 aromatic carbocycles. The number of carbonyl (C=O) groups excluding carboxylic acids is 1. The van der Waals surface area contributed by atoms with E-state index in [1.165, 1.54) is 16.7 Å². The van der Waals surface area contributed by atoms with Crippen molar-refractivity contribution in [3.63, 3.8) is 0 Å². The van der Waals surface area contributed by atoms with Crippen LogP contribution in [-0.4, -0.2) is 29.1 Å². The highest BCUT2D eigenvalue weighted by molar-refractivity contribution is 5.91. The van der Waals surface area contributed by atoms with Gasteiger partial charge in [0.2, 0.25) is 5.91 Å². The first kappa shape index (κ1) is 19.4. The molecule has 29 heavy (non-hydrogen) atoms. The van der Waals surface area contributed by atoms with Gasteiger partial charge in [0.1, 0.15) is 0 Å². The molecular weight excluding hydrogens is 362 g/mol. The second-order valence-corrected chi connectivity index (χ2v) is 7.84. The van der Waals surface area contributed by atoms with Crippen LogP contribution >= 0.6 is 0 Å². The van der Waals surface area contributed by atoms with Crippen molar-refractivity contribution in [2.24, 2.45) is 5.92 Å². The number of aromatic nitrogens is 2. The fourth-order valence-electron chi connectivity index (χ4n) is 4.05. The molecule has 5 heteroatoms. The monoisotopic (exact) mass is 389 g/mol. The maximum atomic E-state index is 12.5. The lowest BCUT2D eigenvalue weighted by Crippen LogP contribution is -2.17. The van der Waals surface area contributed by atoms with Crippen molar-refractivity contribution >= 4 is 11.6 Å². The van der Waals surface area contributed by atoms with Crippen LogP contribution in [0.15, 0.2) is 55.0 Å². The van der Waals surface area contributed by atoms with Gasteiger partial charge in [0.05, 0.1) is 12.2 Å². The van der Waals surface area contributed by atoms with Crippen LogP contribution in [0.5, 0.6) is 0 Å². The highest BCUT2D eigenvalue weighted by atomic mass is 16.5. The van der Waals surface area contributed by atoms with Gasteiger partial charge in [0.15, 0.2) is 0 Å². The van der Waals surface area contributed by atoms with Crippen LogP contribution in [0.4, 0.5) is 5.69 Å². The predicted molar refractivity (Wildman–Crippen MR) is 114 cm³/mol. The first-order chi connectivity index (χ1) is 14.1.